The second-order valence-electron chi connectivity index (χ2n) is 2.50. The van der Waals surface area contributed by atoms with E-state index in [4.69, 9.17) is 9.84 Å². The van der Waals surface area contributed by atoms with E-state index in [0.29, 0.717) is 6.29 Å². The Labute approximate surface area is 81.8 Å². The maximum Gasteiger partial charge on any atom is 0.190 e. The summed E-state index contributed by atoms with van der Waals surface area (Å²) < 4.78 is 14.3. The molecule has 0 aromatic rings. The first kappa shape index (κ1) is 13.2. The summed E-state index contributed by atoms with van der Waals surface area (Å²) in [5.41, 5.74) is 0. The van der Waals surface area contributed by atoms with Crippen molar-refractivity contribution in [1.29, 1.82) is 0 Å². The van der Waals surface area contributed by atoms with Gasteiger partial charge in [0.05, 0.1) is 6.61 Å². The van der Waals surface area contributed by atoms with Gasteiger partial charge in [0.15, 0.2) is 25.0 Å². The fourth-order valence-electron chi connectivity index (χ4n) is 0.787. The molecule has 0 aliphatic heterocycles. The molecule has 2 unspecified atom stereocenters. The first-order valence-electron chi connectivity index (χ1n) is 3.95. The lowest BCUT2D eigenvalue weighted by Gasteiger charge is -2.21. The quantitative estimate of drug-likeness (QED) is 0.394. The molecule has 6 nitrogen and oxygen atoms in total. The Bertz CT molecular complexity index is 171. The summed E-state index contributed by atoms with van der Waals surface area (Å²) >= 11 is 0. The van der Waals surface area contributed by atoms with Crippen molar-refractivity contribution < 1.29 is 28.9 Å². The summed E-state index contributed by atoms with van der Waals surface area (Å²) in [6, 6.07) is 0. The molecule has 0 aliphatic rings. The summed E-state index contributed by atoms with van der Waals surface area (Å²) in [4.78, 5) is 20.6. The Morgan fingerprint density at radius 1 is 1.29 bits per heavy atom. The Morgan fingerprint density at radius 2 is 1.93 bits per heavy atom. The van der Waals surface area contributed by atoms with Crippen LogP contribution in [0.2, 0.25) is 0 Å². The molecule has 0 saturated carbocycles. The Balaban J connectivity index is 4.12. The number of ether oxygens (including phenoxy) is 3. The zero-order valence-corrected chi connectivity index (χ0v) is 8.08. The molecule has 6 heteroatoms. The first-order valence-corrected chi connectivity index (χ1v) is 3.95. The largest absolute Gasteiger partial charge is 0.382 e. The number of carbonyl (C=O) groups excluding carboxylic acids is 2. The van der Waals surface area contributed by atoms with Gasteiger partial charge in [0.25, 0.3) is 0 Å². The highest BCUT2D eigenvalue weighted by Gasteiger charge is 2.22. The molecule has 0 saturated heterocycles. The number of aldehydes is 2. The molecule has 0 rings (SSSR count). The highest BCUT2D eigenvalue weighted by atomic mass is 16.7. The third-order valence-electron chi connectivity index (χ3n) is 1.44. The van der Waals surface area contributed by atoms with Crippen LogP contribution < -0.4 is 0 Å². The van der Waals surface area contributed by atoms with Crippen LogP contribution in [0.15, 0.2) is 0 Å². The van der Waals surface area contributed by atoms with Crippen molar-refractivity contribution >= 4 is 12.6 Å². The van der Waals surface area contributed by atoms with E-state index in [1.807, 2.05) is 0 Å². The number of hydrogen-bond donors (Lipinski definition) is 1. The van der Waals surface area contributed by atoms with Gasteiger partial charge >= 0.3 is 0 Å². The maximum absolute atomic E-state index is 10.4. The molecule has 0 bridgehead atoms. The summed E-state index contributed by atoms with van der Waals surface area (Å²) in [6.07, 6.45) is -2.66. The normalized spacial score (nSPS) is 17.1. The number of rotatable bonds is 8. The summed E-state index contributed by atoms with van der Waals surface area (Å²) in [5.74, 6) is 0. The van der Waals surface area contributed by atoms with Gasteiger partial charge in [-0.15, -0.1) is 0 Å². The van der Waals surface area contributed by atoms with E-state index in [2.05, 4.69) is 9.47 Å². The topological polar surface area (TPSA) is 82.1 Å². The van der Waals surface area contributed by atoms with E-state index in [1.165, 1.54) is 14.2 Å². The van der Waals surface area contributed by atoms with Crippen molar-refractivity contribution in [1.82, 2.24) is 0 Å². The zero-order valence-electron chi connectivity index (χ0n) is 8.08. The van der Waals surface area contributed by atoms with Crippen molar-refractivity contribution in [3.63, 3.8) is 0 Å². The summed E-state index contributed by atoms with van der Waals surface area (Å²) in [5, 5.41) is 9.06. The Hall–Kier alpha value is -0.820. The maximum atomic E-state index is 10.4. The van der Waals surface area contributed by atoms with Crippen molar-refractivity contribution in [2.45, 2.75) is 18.5 Å². The van der Waals surface area contributed by atoms with Gasteiger partial charge in [0.1, 0.15) is 6.10 Å². The van der Waals surface area contributed by atoms with Gasteiger partial charge in [-0.2, -0.15) is 0 Å². The lowest BCUT2D eigenvalue weighted by Crippen LogP contribution is -2.37. The van der Waals surface area contributed by atoms with E-state index in [-0.39, 0.29) is 12.9 Å². The number of carbonyl (C=O) groups is 2. The number of methoxy groups -OCH3 is 2. The van der Waals surface area contributed by atoms with Gasteiger partial charge in [-0.25, -0.2) is 0 Å². The van der Waals surface area contributed by atoms with E-state index in [9.17, 15) is 9.59 Å². The van der Waals surface area contributed by atoms with Crippen molar-refractivity contribution in [2.24, 2.45) is 0 Å². The predicted molar refractivity (Wildman–Crippen MR) is 45.7 cm³/mol. The van der Waals surface area contributed by atoms with Crippen LogP contribution in [0.3, 0.4) is 0 Å². The van der Waals surface area contributed by atoms with E-state index in [0.717, 1.165) is 0 Å². The molecule has 0 fully saturated rings. The van der Waals surface area contributed by atoms with Crippen molar-refractivity contribution in [3.8, 4) is 0 Å². The fraction of sp³-hybridized carbons (Fsp3) is 0.750. The smallest absolute Gasteiger partial charge is 0.190 e. The molecular weight excluding hydrogens is 192 g/mol. The van der Waals surface area contributed by atoms with Crippen LogP contribution in [-0.4, -0.2) is 57.0 Å². The molecular formula is C8H14O6. The van der Waals surface area contributed by atoms with E-state index < -0.39 is 18.5 Å². The average Bonchev–Trinajstić information content (AvgIpc) is 2.23. The Morgan fingerprint density at radius 3 is 2.29 bits per heavy atom. The predicted octanol–water partition coefficient (Wildman–Crippen LogP) is -1.25. The minimum Gasteiger partial charge on any atom is -0.382 e. The van der Waals surface area contributed by atoms with Crippen LogP contribution in [0.5, 0.6) is 0 Å². The van der Waals surface area contributed by atoms with Crippen molar-refractivity contribution in [2.75, 3.05) is 20.8 Å². The van der Waals surface area contributed by atoms with Crippen LogP contribution in [0.1, 0.15) is 0 Å². The second-order valence-corrected chi connectivity index (χ2v) is 2.50. The molecule has 1 N–H and O–H groups in total. The fourth-order valence-corrected chi connectivity index (χ4v) is 0.787. The first-order chi connectivity index (χ1) is 6.69. The highest BCUT2D eigenvalue weighted by molar-refractivity contribution is 5.57. The standard InChI is InChI=1S/C8H14O6/c1-12-5-6(3-9)14-8(13-2)7(11)4-10/h3-4,6-8,11H,5H2,1-2H3/t6?,7?,8-/m1/s1. The summed E-state index contributed by atoms with van der Waals surface area (Å²) in [6.45, 7) is 0.0366. The van der Waals surface area contributed by atoms with Crippen LogP contribution >= 0.6 is 0 Å². The molecule has 0 aromatic carbocycles. The lowest BCUT2D eigenvalue weighted by atomic mass is 10.3. The van der Waals surface area contributed by atoms with Crippen molar-refractivity contribution in [3.05, 3.63) is 0 Å². The number of aliphatic hydroxyl groups is 1. The second kappa shape index (κ2) is 7.57. The zero-order chi connectivity index (χ0) is 11.0. The third-order valence-corrected chi connectivity index (χ3v) is 1.44. The lowest BCUT2D eigenvalue weighted by molar-refractivity contribution is -0.202. The molecule has 3 atom stereocenters. The third kappa shape index (κ3) is 4.43. The molecule has 82 valence electrons. The molecule has 14 heavy (non-hydrogen) atoms. The molecule has 0 aromatic heterocycles. The van der Waals surface area contributed by atoms with Crippen LogP contribution in [0.25, 0.3) is 0 Å². The number of aliphatic hydroxyl groups excluding tert-OH is 1. The van der Waals surface area contributed by atoms with E-state index >= 15 is 0 Å². The van der Waals surface area contributed by atoms with Gasteiger partial charge < -0.3 is 28.9 Å². The minimum absolute atomic E-state index is 0.0366. The van der Waals surface area contributed by atoms with E-state index in [1.54, 1.807) is 0 Å². The average molecular weight is 206 g/mol. The molecule has 0 heterocycles. The monoisotopic (exact) mass is 206 g/mol. The van der Waals surface area contributed by atoms with Gasteiger partial charge in [-0.1, -0.05) is 0 Å². The van der Waals surface area contributed by atoms with Gasteiger partial charge in [0.2, 0.25) is 0 Å². The van der Waals surface area contributed by atoms with Gasteiger partial charge in [-0.3, -0.25) is 0 Å². The minimum atomic E-state index is -1.42. The highest BCUT2D eigenvalue weighted by Crippen LogP contribution is 2.02. The van der Waals surface area contributed by atoms with Gasteiger partial charge in [0, 0.05) is 14.2 Å². The summed E-state index contributed by atoms with van der Waals surface area (Å²) in [7, 11) is 2.66. The SMILES string of the molecule is COCC(C=O)O[C@@H](OC)C(O)C=O. The molecule has 0 amide bonds. The van der Waals surface area contributed by atoms with Crippen LogP contribution in [0.4, 0.5) is 0 Å². The Kier molecular flexibility index (Phi) is 7.13. The molecule has 0 spiro atoms. The van der Waals surface area contributed by atoms with Crippen LogP contribution in [-0.2, 0) is 23.8 Å². The van der Waals surface area contributed by atoms with Gasteiger partial charge in [-0.05, 0) is 0 Å². The van der Waals surface area contributed by atoms with Crippen LogP contribution in [0, 0.1) is 0 Å². The molecule has 0 radical (unpaired) electrons. The number of hydrogen-bond acceptors (Lipinski definition) is 6. The molecule has 0 aliphatic carbocycles.